The van der Waals surface area contributed by atoms with Crippen LogP contribution in [0.15, 0.2) is 30.3 Å². The molecule has 2 atom stereocenters. The van der Waals surface area contributed by atoms with E-state index in [9.17, 15) is 4.79 Å². The van der Waals surface area contributed by atoms with Crippen LogP contribution in [-0.2, 0) is 11.2 Å². The maximum atomic E-state index is 11.6. The number of nitrogens with one attached hydrogen (secondary N) is 1. The summed E-state index contributed by atoms with van der Waals surface area (Å²) in [4.78, 5) is 11.6. The summed E-state index contributed by atoms with van der Waals surface area (Å²) < 4.78 is 0. The first-order valence-corrected chi connectivity index (χ1v) is 5.67. The van der Waals surface area contributed by atoms with E-state index < -0.39 is 6.04 Å². The Hall–Kier alpha value is -1.79. The van der Waals surface area contributed by atoms with Gasteiger partial charge in [-0.25, -0.2) is 0 Å². The Labute approximate surface area is 102 Å². The van der Waals surface area contributed by atoms with Gasteiger partial charge in [0.25, 0.3) is 0 Å². The summed E-state index contributed by atoms with van der Waals surface area (Å²) in [5.41, 5.74) is 6.80. The largest absolute Gasteiger partial charge is 0.352 e. The lowest BCUT2D eigenvalue weighted by Gasteiger charge is -2.16. The van der Waals surface area contributed by atoms with Gasteiger partial charge in [-0.2, -0.15) is 0 Å². The van der Waals surface area contributed by atoms with Gasteiger partial charge in [0, 0.05) is 12.5 Å². The highest BCUT2D eigenvalue weighted by Gasteiger charge is 2.14. The highest BCUT2D eigenvalue weighted by Crippen LogP contribution is 2.02. The van der Waals surface area contributed by atoms with E-state index in [1.54, 1.807) is 0 Å². The molecule has 0 spiro atoms. The van der Waals surface area contributed by atoms with Crippen molar-refractivity contribution in [2.24, 2.45) is 5.73 Å². The summed E-state index contributed by atoms with van der Waals surface area (Å²) in [7, 11) is 0. The number of hydrogen-bond acceptors (Lipinski definition) is 2. The monoisotopic (exact) mass is 230 g/mol. The summed E-state index contributed by atoms with van der Waals surface area (Å²) in [5, 5.41) is 2.85. The Bertz CT molecular complexity index is 394. The molecule has 0 heterocycles. The van der Waals surface area contributed by atoms with Gasteiger partial charge in [-0.15, -0.1) is 12.3 Å². The third-order valence-corrected chi connectivity index (χ3v) is 2.45. The average Bonchev–Trinajstić information content (AvgIpc) is 2.30. The zero-order valence-electron chi connectivity index (χ0n) is 10.0. The fourth-order valence-electron chi connectivity index (χ4n) is 1.59. The molecule has 3 N–H and O–H groups in total. The molecule has 0 aromatic heterocycles. The third kappa shape index (κ3) is 4.71. The topological polar surface area (TPSA) is 55.1 Å². The molecular weight excluding hydrogens is 212 g/mol. The molecule has 1 aromatic carbocycles. The van der Waals surface area contributed by atoms with Crippen molar-refractivity contribution >= 4 is 5.91 Å². The zero-order valence-corrected chi connectivity index (χ0v) is 10.0. The van der Waals surface area contributed by atoms with Crippen molar-refractivity contribution in [3.63, 3.8) is 0 Å². The van der Waals surface area contributed by atoms with Gasteiger partial charge >= 0.3 is 0 Å². The van der Waals surface area contributed by atoms with Crippen LogP contribution in [0.2, 0.25) is 0 Å². The number of benzene rings is 1. The average molecular weight is 230 g/mol. The van der Waals surface area contributed by atoms with E-state index in [1.807, 2.05) is 37.3 Å². The van der Waals surface area contributed by atoms with Gasteiger partial charge in [-0.1, -0.05) is 30.3 Å². The summed E-state index contributed by atoms with van der Waals surface area (Å²) in [6.07, 6.45) is 6.17. The van der Waals surface area contributed by atoms with Crippen molar-refractivity contribution in [1.82, 2.24) is 5.32 Å². The molecule has 0 aliphatic heterocycles. The molecule has 0 fully saturated rings. The molecule has 2 unspecified atom stereocenters. The second kappa shape index (κ2) is 6.72. The predicted molar refractivity (Wildman–Crippen MR) is 69.2 cm³/mol. The minimum Gasteiger partial charge on any atom is -0.352 e. The van der Waals surface area contributed by atoms with Crippen LogP contribution < -0.4 is 11.1 Å². The second-order valence-corrected chi connectivity index (χ2v) is 4.11. The third-order valence-electron chi connectivity index (χ3n) is 2.45. The first-order valence-electron chi connectivity index (χ1n) is 5.67. The Morgan fingerprint density at radius 2 is 2.12 bits per heavy atom. The van der Waals surface area contributed by atoms with Crippen molar-refractivity contribution in [3.05, 3.63) is 35.9 Å². The number of carbonyl (C=O) groups is 1. The Morgan fingerprint density at radius 1 is 1.47 bits per heavy atom. The van der Waals surface area contributed by atoms with E-state index in [-0.39, 0.29) is 18.4 Å². The molecule has 1 aromatic rings. The minimum absolute atomic E-state index is 0.0497. The van der Waals surface area contributed by atoms with Gasteiger partial charge in [0.15, 0.2) is 0 Å². The standard InChI is InChI=1S/C14H18N2O/c1-3-7-13(15)14(17)16-11(2)10-12-8-5-4-6-9-12/h1,4-6,8-9,11,13H,7,10,15H2,2H3,(H,16,17). The van der Waals surface area contributed by atoms with Crippen LogP contribution in [-0.4, -0.2) is 18.0 Å². The predicted octanol–water partition coefficient (Wildman–Crippen LogP) is 1.08. The number of nitrogens with two attached hydrogens (primary N) is 1. The molecule has 90 valence electrons. The smallest absolute Gasteiger partial charge is 0.238 e. The Balaban J connectivity index is 2.42. The van der Waals surface area contributed by atoms with Crippen LogP contribution in [0.4, 0.5) is 0 Å². The van der Waals surface area contributed by atoms with Gasteiger partial charge in [0.1, 0.15) is 0 Å². The normalized spacial score (nSPS) is 13.5. The van der Waals surface area contributed by atoms with E-state index in [0.29, 0.717) is 0 Å². The summed E-state index contributed by atoms with van der Waals surface area (Å²) in [6.45, 7) is 1.95. The summed E-state index contributed by atoms with van der Waals surface area (Å²) in [5.74, 6) is 2.20. The quantitative estimate of drug-likeness (QED) is 0.744. The number of carbonyl (C=O) groups excluding carboxylic acids is 1. The molecule has 3 heteroatoms. The molecule has 0 aliphatic carbocycles. The zero-order chi connectivity index (χ0) is 12.7. The number of hydrogen-bond donors (Lipinski definition) is 2. The van der Waals surface area contributed by atoms with Crippen LogP contribution >= 0.6 is 0 Å². The number of rotatable bonds is 5. The van der Waals surface area contributed by atoms with E-state index in [1.165, 1.54) is 5.56 Å². The molecule has 1 amide bonds. The van der Waals surface area contributed by atoms with Crippen LogP contribution in [0.25, 0.3) is 0 Å². The van der Waals surface area contributed by atoms with E-state index in [4.69, 9.17) is 12.2 Å². The molecule has 0 saturated carbocycles. The van der Waals surface area contributed by atoms with Crippen LogP contribution in [0.3, 0.4) is 0 Å². The van der Waals surface area contributed by atoms with Gasteiger partial charge < -0.3 is 11.1 Å². The number of amides is 1. The molecule has 3 nitrogen and oxygen atoms in total. The van der Waals surface area contributed by atoms with E-state index in [2.05, 4.69) is 11.2 Å². The van der Waals surface area contributed by atoms with E-state index >= 15 is 0 Å². The Kier molecular flexibility index (Phi) is 5.25. The lowest BCUT2D eigenvalue weighted by Crippen LogP contribution is -2.44. The number of terminal acetylenes is 1. The maximum absolute atomic E-state index is 11.6. The van der Waals surface area contributed by atoms with Gasteiger partial charge in [0.05, 0.1) is 6.04 Å². The van der Waals surface area contributed by atoms with Crippen molar-refractivity contribution in [3.8, 4) is 12.3 Å². The molecule has 1 rings (SSSR count). The van der Waals surface area contributed by atoms with Gasteiger partial charge in [0.2, 0.25) is 5.91 Å². The lowest BCUT2D eigenvalue weighted by molar-refractivity contribution is -0.122. The first kappa shape index (κ1) is 13.3. The molecule has 0 aliphatic rings. The highest BCUT2D eigenvalue weighted by atomic mass is 16.2. The van der Waals surface area contributed by atoms with Crippen molar-refractivity contribution in [2.45, 2.75) is 31.8 Å². The second-order valence-electron chi connectivity index (χ2n) is 4.11. The van der Waals surface area contributed by atoms with E-state index in [0.717, 1.165) is 6.42 Å². The molecule has 0 saturated heterocycles. The van der Waals surface area contributed by atoms with Crippen molar-refractivity contribution < 1.29 is 4.79 Å². The minimum atomic E-state index is -0.613. The molecule has 0 bridgehead atoms. The van der Waals surface area contributed by atoms with Crippen molar-refractivity contribution in [2.75, 3.05) is 0 Å². The molecule has 17 heavy (non-hydrogen) atoms. The fraction of sp³-hybridized carbons (Fsp3) is 0.357. The first-order chi connectivity index (χ1) is 8.13. The molecular formula is C14H18N2O. The lowest BCUT2D eigenvalue weighted by atomic mass is 10.1. The summed E-state index contributed by atoms with van der Waals surface area (Å²) >= 11 is 0. The van der Waals surface area contributed by atoms with Gasteiger partial charge in [-0.3, -0.25) is 4.79 Å². The Morgan fingerprint density at radius 3 is 2.71 bits per heavy atom. The van der Waals surface area contributed by atoms with Crippen LogP contribution in [0.5, 0.6) is 0 Å². The van der Waals surface area contributed by atoms with Crippen LogP contribution in [0, 0.1) is 12.3 Å². The highest BCUT2D eigenvalue weighted by molar-refractivity contribution is 5.82. The van der Waals surface area contributed by atoms with Gasteiger partial charge in [-0.05, 0) is 18.9 Å². The van der Waals surface area contributed by atoms with Crippen molar-refractivity contribution in [1.29, 1.82) is 0 Å². The fourth-order valence-corrected chi connectivity index (χ4v) is 1.59. The summed E-state index contributed by atoms with van der Waals surface area (Å²) in [6, 6.07) is 9.43. The SMILES string of the molecule is C#CCC(N)C(=O)NC(C)Cc1ccccc1. The van der Waals surface area contributed by atoms with Crippen LogP contribution in [0.1, 0.15) is 18.9 Å². The maximum Gasteiger partial charge on any atom is 0.238 e. The molecule has 0 radical (unpaired) electrons.